The van der Waals surface area contributed by atoms with Gasteiger partial charge in [-0.25, -0.2) is 9.69 Å². The van der Waals surface area contributed by atoms with Crippen molar-refractivity contribution >= 4 is 52.5 Å². The molecule has 0 spiro atoms. The molecule has 1 aliphatic heterocycles. The van der Waals surface area contributed by atoms with Gasteiger partial charge in [0.1, 0.15) is 5.57 Å². The maximum Gasteiger partial charge on any atom is 0.335 e. The van der Waals surface area contributed by atoms with Crippen molar-refractivity contribution in [2.24, 2.45) is 0 Å². The molecule has 0 bridgehead atoms. The van der Waals surface area contributed by atoms with E-state index in [0.717, 1.165) is 9.78 Å². The number of thiophene rings is 1. The van der Waals surface area contributed by atoms with Gasteiger partial charge in [-0.2, -0.15) is 0 Å². The second kappa shape index (κ2) is 5.75. The molecule has 0 atom stereocenters. The van der Waals surface area contributed by atoms with Crippen LogP contribution in [0.2, 0.25) is 5.02 Å². The van der Waals surface area contributed by atoms with Gasteiger partial charge in [-0.3, -0.25) is 14.9 Å². The molecular formula is C15H9ClN2O3S. The van der Waals surface area contributed by atoms with E-state index < -0.39 is 17.8 Å². The van der Waals surface area contributed by atoms with Crippen LogP contribution in [-0.2, 0) is 9.59 Å². The molecule has 1 aromatic heterocycles. The summed E-state index contributed by atoms with van der Waals surface area (Å²) in [5.41, 5.74) is 0.258. The third-order valence-electron chi connectivity index (χ3n) is 3.02. The summed E-state index contributed by atoms with van der Waals surface area (Å²) in [6, 6.07) is 9.02. The average molecular weight is 333 g/mol. The summed E-state index contributed by atoms with van der Waals surface area (Å²) in [6.45, 7) is 0. The lowest BCUT2D eigenvalue weighted by Gasteiger charge is -2.26. The van der Waals surface area contributed by atoms with Crippen molar-refractivity contribution in [3.8, 4) is 0 Å². The van der Waals surface area contributed by atoms with E-state index >= 15 is 0 Å². The van der Waals surface area contributed by atoms with Crippen molar-refractivity contribution in [1.29, 1.82) is 0 Å². The maximum atomic E-state index is 12.5. The first-order valence-electron chi connectivity index (χ1n) is 6.27. The molecule has 1 aromatic carbocycles. The van der Waals surface area contributed by atoms with Gasteiger partial charge < -0.3 is 0 Å². The van der Waals surface area contributed by atoms with Crippen LogP contribution in [0.25, 0.3) is 6.08 Å². The zero-order chi connectivity index (χ0) is 15.7. The molecule has 2 heterocycles. The lowest BCUT2D eigenvalue weighted by atomic mass is 10.1. The number of amides is 4. The predicted molar refractivity (Wildman–Crippen MR) is 84.8 cm³/mol. The van der Waals surface area contributed by atoms with Crippen LogP contribution in [0, 0.1) is 0 Å². The fourth-order valence-corrected chi connectivity index (χ4v) is 2.78. The number of barbiturate groups is 1. The van der Waals surface area contributed by atoms with E-state index in [1.54, 1.807) is 30.3 Å². The van der Waals surface area contributed by atoms with E-state index in [-0.39, 0.29) is 5.57 Å². The number of hydrogen-bond donors (Lipinski definition) is 1. The highest BCUT2D eigenvalue weighted by molar-refractivity contribution is 7.10. The lowest BCUT2D eigenvalue weighted by molar-refractivity contribution is -0.122. The number of nitrogens with one attached hydrogen (secondary N) is 1. The van der Waals surface area contributed by atoms with Crippen molar-refractivity contribution in [3.05, 3.63) is 57.3 Å². The van der Waals surface area contributed by atoms with E-state index in [4.69, 9.17) is 11.6 Å². The molecule has 3 rings (SSSR count). The highest BCUT2D eigenvalue weighted by atomic mass is 35.5. The van der Waals surface area contributed by atoms with Gasteiger partial charge in [0.15, 0.2) is 0 Å². The van der Waals surface area contributed by atoms with Crippen molar-refractivity contribution in [2.45, 2.75) is 0 Å². The van der Waals surface area contributed by atoms with Crippen LogP contribution >= 0.6 is 22.9 Å². The van der Waals surface area contributed by atoms with Crippen LogP contribution in [0.1, 0.15) is 4.88 Å². The van der Waals surface area contributed by atoms with E-state index in [2.05, 4.69) is 5.32 Å². The molecule has 1 aliphatic rings. The minimum atomic E-state index is -0.777. The molecule has 1 saturated heterocycles. The molecular weight excluding hydrogens is 324 g/mol. The Morgan fingerprint density at radius 1 is 1.09 bits per heavy atom. The number of imide groups is 2. The number of benzene rings is 1. The van der Waals surface area contributed by atoms with Gasteiger partial charge in [-0.15, -0.1) is 11.3 Å². The van der Waals surface area contributed by atoms with Gasteiger partial charge in [-0.05, 0) is 41.8 Å². The van der Waals surface area contributed by atoms with Crippen LogP contribution in [0.15, 0.2) is 47.4 Å². The Bertz CT molecular complexity index is 782. The predicted octanol–water partition coefficient (Wildman–Crippen LogP) is 3.07. The second-order valence-corrected chi connectivity index (χ2v) is 5.87. The maximum absolute atomic E-state index is 12.5. The fraction of sp³-hybridized carbons (Fsp3) is 0. The van der Waals surface area contributed by atoms with Crippen LogP contribution < -0.4 is 10.2 Å². The number of anilines is 1. The van der Waals surface area contributed by atoms with Crippen molar-refractivity contribution < 1.29 is 14.4 Å². The molecule has 0 radical (unpaired) electrons. The number of carbonyl (C=O) groups excluding carboxylic acids is 3. The summed E-state index contributed by atoms with van der Waals surface area (Å²) in [5.74, 6) is -1.36. The number of urea groups is 1. The standard InChI is InChI=1S/C15H9ClN2O3S/c16-9-3-5-10(6-4-9)18-14(20)12(13(19)17-15(18)21)8-11-2-1-7-22-11/h1-8H,(H,17,19,21). The quantitative estimate of drug-likeness (QED) is 0.679. The van der Waals surface area contributed by atoms with Crippen molar-refractivity contribution in [3.63, 3.8) is 0 Å². The summed E-state index contributed by atoms with van der Waals surface area (Å²) in [5, 5.41) is 4.48. The van der Waals surface area contributed by atoms with Gasteiger partial charge >= 0.3 is 6.03 Å². The number of carbonyl (C=O) groups is 3. The second-order valence-electron chi connectivity index (χ2n) is 4.45. The first-order chi connectivity index (χ1) is 10.6. The molecule has 5 nitrogen and oxygen atoms in total. The van der Waals surface area contributed by atoms with Gasteiger partial charge in [-0.1, -0.05) is 17.7 Å². The number of rotatable bonds is 2. The summed E-state index contributed by atoms with van der Waals surface area (Å²) < 4.78 is 0. The topological polar surface area (TPSA) is 66.5 Å². The molecule has 7 heteroatoms. The Morgan fingerprint density at radius 3 is 2.45 bits per heavy atom. The number of nitrogens with zero attached hydrogens (tertiary/aromatic N) is 1. The van der Waals surface area contributed by atoms with Gasteiger partial charge in [0.05, 0.1) is 5.69 Å². The third-order valence-corrected chi connectivity index (χ3v) is 4.09. The highest BCUT2D eigenvalue weighted by Gasteiger charge is 2.36. The fourth-order valence-electron chi connectivity index (χ4n) is 2.00. The smallest absolute Gasteiger partial charge is 0.273 e. The summed E-state index contributed by atoms with van der Waals surface area (Å²) in [4.78, 5) is 38.0. The molecule has 1 fully saturated rings. The molecule has 1 N–H and O–H groups in total. The Labute approximate surface area is 134 Å². The van der Waals surface area contributed by atoms with Crippen LogP contribution in [0.4, 0.5) is 10.5 Å². The lowest BCUT2D eigenvalue weighted by Crippen LogP contribution is -2.54. The molecule has 0 aliphatic carbocycles. The molecule has 22 heavy (non-hydrogen) atoms. The molecule has 4 amide bonds. The third kappa shape index (κ3) is 2.66. The van der Waals surface area contributed by atoms with Crippen LogP contribution in [0.3, 0.4) is 0 Å². The van der Waals surface area contributed by atoms with Gasteiger partial charge in [0.25, 0.3) is 11.8 Å². The largest absolute Gasteiger partial charge is 0.335 e. The molecule has 2 aromatic rings. The monoisotopic (exact) mass is 332 g/mol. The normalized spacial score (nSPS) is 17.0. The average Bonchev–Trinajstić information content (AvgIpc) is 2.98. The Balaban J connectivity index is 2.01. The minimum absolute atomic E-state index is 0.0861. The zero-order valence-corrected chi connectivity index (χ0v) is 12.6. The minimum Gasteiger partial charge on any atom is -0.273 e. The highest BCUT2D eigenvalue weighted by Crippen LogP contribution is 2.24. The molecule has 0 saturated carbocycles. The summed E-state index contributed by atoms with van der Waals surface area (Å²) in [7, 11) is 0. The van der Waals surface area contributed by atoms with E-state index in [1.807, 2.05) is 11.4 Å². The van der Waals surface area contributed by atoms with Gasteiger partial charge in [0.2, 0.25) is 0 Å². The Morgan fingerprint density at radius 2 is 1.82 bits per heavy atom. The summed E-state index contributed by atoms with van der Waals surface area (Å²) >= 11 is 7.19. The zero-order valence-electron chi connectivity index (χ0n) is 11.1. The van der Waals surface area contributed by atoms with Crippen molar-refractivity contribution in [1.82, 2.24) is 5.32 Å². The van der Waals surface area contributed by atoms with Crippen LogP contribution in [0.5, 0.6) is 0 Å². The van der Waals surface area contributed by atoms with Crippen molar-refractivity contribution in [2.75, 3.05) is 4.90 Å². The number of halogens is 1. The number of hydrogen-bond acceptors (Lipinski definition) is 4. The Hall–Kier alpha value is -2.44. The van der Waals surface area contributed by atoms with E-state index in [9.17, 15) is 14.4 Å². The molecule has 110 valence electrons. The summed E-state index contributed by atoms with van der Waals surface area (Å²) in [6.07, 6.45) is 1.47. The van der Waals surface area contributed by atoms with Crippen LogP contribution in [-0.4, -0.2) is 17.8 Å². The SMILES string of the molecule is O=C1NC(=O)N(c2ccc(Cl)cc2)C(=O)C1=Cc1cccs1. The molecule has 0 unspecified atom stereocenters. The first kappa shape index (κ1) is 14.5. The first-order valence-corrected chi connectivity index (χ1v) is 7.52. The van der Waals surface area contributed by atoms with Gasteiger partial charge in [0, 0.05) is 9.90 Å². The van der Waals surface area contributed by atoms with E-state index in [0.29, 0.717) is 10.7 Å². The van der Waals surface area contributed by atoms with E-state index in [1.165, 1.54) is 17.4 Å². The Kier molecular flexibility index (Phi) is 3.79.